The maximum absolute atomic E-state index is 11.7. The van der Waals surface area contributed by atoms with Gasteiger partial charge in [-0.25, -0.2) is 0 Å². The van der Waals surface area contributed by atoms with Crippen molar-refractivity contribution in [2.45, 2.75) is 33.9 Å². The summed E-state index contributed by atoms with van der Waals surface area (Å²) >= 11 is 9.60. The van der Waals surface area contributed by atoms with Crippen LogP contribution in [0.5, 0.6) is 5.75 Å². The average molecular weight is 372 g/mol. The molecule has 0 spiro atoms. The van der Waals surface area contributed by atoms with Crippen LogP contribution in [0.2, 0.25) is 5.02 Å². The van der Waals surface area contributed by atoms with Crippen LogP contribution in [-0.4, -0.2) is 15.6 Å². The van der Waals surface area contributed by atoms with E-state index >= 15 is 0 Å². The van der Waals surface area contributed by atoms with Gasteiger partial charge in [0.2, 0.25) is 0 Å². The van der Waals surface area contributed by atoms with Gasteiger partial charge >= 0.3 is 0 Å². The Hall–Kier alpha value is -1.33. The van der Waals surface area contributed by atoms with Crippen molar-refractivity contribution in [2.75, 3.05) is 0 Å². The Bertz CT molecular complexity index is 683. The fourth-order valence-electron chi connectivity index (χ4n) is 2.06. The molecule has 1 aromatic carbocycles. The molecule has 2 rings (SSSR count). The minimum absolute atomic E-state index is 0.0439. The third kappa shape index (κ3) is 3.47. The van der Waals surface area contributed by atoms with Crippen LogP contribution in [0.4, 0.5) is 0 Å². The number of halogens is 2. The average Bonchev–Trinajstić information content (AvgIpc) is 2.72. The number of aromatic nitrogens is 2. The Balaban J connectivity index is 2.27. The van der Waals surface area contributed by atoms with Gasteiger partial charge in [0.15, 0.2) is 5.78 Å². The molecule has 0 saturated carbocycles. The van der Waals surface area contributed by atoms with Crippen LogP contribution in [-0.2, 0) is 13.2 Å². The minimum Gasteiger partial charge on any atom is -0.486 e. The Morgan fingerprint density at radius 1 is 1.48 bits per heavy atom. The molecular formula is C15H16BrClN2O2. The second kappa shape index (κ2) is 6.62. The van der Waals surface area contributed by atoms with E-state index in [1.54, 1.807) is 12.1 Å². The summed E-state index contributed by atoms with van der Waals surface area (Å²) < 4.78 is 8.44. The summed E-state index contributed by atoms with van der Waals surface area (Å²) in [7, 11) is 0. The van der Waals surface area contributed by atoms with Crippen molar-refractivity contribution in [3.05, 3.63) is 44.6 Å². The quantitative estimate of drug-likeness (QED) is 0.731. The van der Waals surface area contributed by atoms with Crippen molar-refractivity contribution in [3.8, 4) is 5.75 Å². The van der Waals surface area contributed by atoms with Gasteiger partial charge in [-0.15, -0.1) is 0 Å². The third-order valence-corrected chi connectivity index (χ3v) is 4.12. The molecule has 6 heteroatoms. The summed E-state index contributed by atoms with van der Waals surface area (Å²) in [6, 6.07) is 5.36. The van der Waals surface area contributed by atoms with E-state index in [9.17, 15) is 4.79 Å². The number of hydrogen-bond acceptors (Lipinski definition) is 3. The first-order valence-electron chi connectivity index (χ1n) is 6.59. The summed E-state index contributed by atoms with van der Waals surface area (Å²) in [4.78, 5) is 11.7. The van der Waals surface area contributed by atoms with Crippen molar-refractivity contribution < 1.29 is 9.53 Å². The van der Waals surface area contributed by atoms with Crippen LogP contribution < -0.4 is 4.74 Å². The van der Waals surface area contributed by atoms with Crippen molar-refractivity contribution in [1.82, 2.24) is 9.78 Å². The predicted molar refractivity (Wildman–Crippen MR) is 86.1 cm³/mol. The Labute approximate surface area is 137 Å². The molecule has 0 atom stereocenters. The molecule has 0 N–H and O–H groups in total. The van der Waals surface area contributed by atoms with Crippen molar-refractivity contribution in [1.29, 1.82) is 0 Å². The zero-order valence-electron chi connectivity index (χ0n) is 12.1. The Kier molecular flexibility index (Phi) is 5.06. The van der Waals surface area contributed by atoms with Crippen molar-refractivity contribution in [2.24, 2.45) is 0 Å². The molecule has 1 aromatic heterocycles. The first-order chi connectivity index (χ1) is 9.93. The van der Waals surface area contributed by atoms with Gasteiger partial charge in [-0.05, 0) is 39.0 Å². The number of benzene rings is 1. The topological polar surface area (TPSA) is 44.1 Å². The van der Waals surface area contributed by atoms with Crippen LogP contribution in [0.25, 0.3) is 0 Å². The van der Waals surface area contributed by atoms with Gasteiger partial charge in [0.05, 0.1) is 22.0 Å². The largest absolute Gasteiger partial charge is 0.486 e. The van der Waals surface area contributed by atoms with Gasteiger partial charge in [0.25, 0.3) is 0 Å². The molecular weight excluding hydrogens is 356 g/mol. The third-order valence-electron chi connectivity index (χ3n) is 3.14. The van der Waals surface area contributed by atoms with E-state index < -0.39 is 0 Å². The smallest absolute Gasteiger partial charge is 0.163 e. The van der Waals surface area contributed by atoms with Crippen LogP contribution in [0.1, 0.15) is 35.6 Å². The highest BCUT2D eigenvalue weighted by Crippen LogP contribution is 2.26. The summed E-state index contributed by atoms with van der Waals surface area (Å²) in [5.41, 5.74) is 2.13. The van der Waals surface area contributed by atoms with Crippen molar-refractivity contribution in [3.63, 3.8) is 0 Å². The highest BCUT2D eigenvalue weighted by molar-refractivity contribution is 9.10. The molecule has 4 nitrogen and oxygen atoms in total. The van der Waals surface area contributed by atoms with Gasteiger partial charge in [0, 0.05) is 11.0 Å². The molecule has 0 unspecified atom stereocenters. The number of rotatable bonds is 5. The number of ketones is 1. The molecule has 112 valence electrons. The molecule has 0 radical (unpaired) electrons. The van der Waals surface area contributed by atoms with E-state index in [1.807, 2.05) is 24.6 Å². The standard InChI is InChI=1S/C15H16BrClN2O2/c1-4-19-13(15(17)9(2)18-19)8-21-14-6-5-11(16)7-12(14)10(3)20/h5-7H,4,8H2,1-3H3. The number of aryl methyl sites for hydroxylation is 2. The van der Waals surface area contributed by atoms with E-state index in [2.05, 4.69) is 21.0 Å². The number of carbonyl (C=O) groups is 1. The first kappa shape index (κ1) is 16.0. The summed E-state index contributed by atoms with van der Waals surface area (Å²) in [6.07, 6.45) is 0. The van der Waals surface area contributed by atoms with Gasteiger partial charge in [-0.3, -0.25) is 9.48 Å². The summed E-state index contributed by atoms with van der Waals surface area (Å²) in [6.45, 7) is 6.36. The van der Waals surface area contributed by atoms with Crippen LogP contribution in [0, 0.1) is 6.92 Å². The number of Topliss-reactive ketones (excluding diaryl/α,β-unsaturated/α-hetero) is 1. The van der Waals surface area contributed by atoms with Crippen LogP contribution in [0.3, 0.4) is 0 Å². The van der Waals surface area contributed by atoms with Gasteiger partial charge in [-0.1, -0.05) is 27.5 Å². The van der Waals surface area contributed by atoms with Crippen molar-refractivity contribution >= 4 is 33.3 Å². The van der Waals surface area contributed by atoms with Gasteiger partial charge in [0.1, 0.15) is 12.4 Å². The molecule has 0 amide bonds. The monoisotopic (exact) mass is 370 g/mol. The minimum atomic E-state index is -0.0439. The Morgan fingerprint density at radius 3 is 2.81 bits per heavy atom. The molecule has 0 aliphatic heterocycles. The molecule has 0 saturated heterocycles. The molecule has 0 aliphatic carbocycles. The lowest BCUT2D eigenvalue weighted by Crippen LogP contribution is -2.08. The molecule has 2 aromatic rings. The van der Waals surface area contributed by atoms with E-state index in [0.717, 1.165) is 15.9 Å². The number of ether oxygens (including phenoxy) is 1. The highest BCUT2D eigenvalue weighted by Gasteiger charge is 2.15. The number of nitrogens with zero attached hydrogens (tertiary/aromatic N) is 2. The number of hydrogen-bond donors (Lipinski definition) is 0. The maximum atomic E-state index is 11.7. The molecule has 0 fully saturated rings. The zero-order chi connectivity index (χ0) is 15.6. The molecule has 21 heavy (non-hydrogen) atoms. The van der Waals surface area contributed by atoms with Crippen LogP contribution in [0.15, 0.2) is 22.7 Å². The second-order valence-electron chi connectivity index (χ2n) is 4.65. The highest BCUT2D eigenvalue weighted by atomic mass is 79.9. The van der Waals surface area contributed by atoms with E-state index in [0.29, 0.717) is 22.9 Å². The second-order valence-corrected chi connectivity index (χ2v) is 5.94. The normalized spacial score (nSPS) is 10.7. The maximum Gasteiger partial charge on any atom is 0.163 e. The predicted octanol–water partition coefficient (Wildman–Crippen LogP) is 4.41. The first-order valence-corrected chi connectivity index (χ1v) is 7.76. The fourth-order valence-corrected chi connectivity index (χ4v) is 2.61. The van der Waals surface area contributed by atoms with Crippen LogP contribution >= 0.6 is 27.5 Å². The molecule has 1 heterocycles. The molecule has 0 bridgehead atoms. The zero-order valence-corrected chi connectivity index (χ0v) is 14.5. The fraction of sp³-hybridized carbons (Fsp3) is 0.333. The van der Waals surface area contributed by atoms with Gasteiger partial charge in [-0.2, -0.15) is 5.10 Å². The van der Waals surface area contributed by atoms with E-state index in [4.69, 9.17) is 16.3 Å². The molecule has 0 aliphatic rings. The SMILES string of the molecule is CCn1nc(C)c(Cl)c1COc1ccc(Br)cc1C(C)=O. The summed E-state index contributed by atoms with van der Waals surface area (Å²) in [5, 5.41) is 4.95. The lowest BCUT2D eigenvalue weighted by Gasteiger charge is -2.11. The van der Waals surface area contributed by atoms with Gasteiger partial charge < -0.3 is 4.74 Å². The summed E-state index contributed by atoms with van der Waals surface area (Å²) in [5.74, 6) is 0.501. The Morgan fingerprint density at radius 2 is 2.19 bits per heavy atom. The number of carbonyl (C=O) groups excluding carboxylic acids is 1. The lowest BCUT2D eigenvalue weighted by molar-refractivity contribution is 0.101. The van der Waals surface area contributed by atoms with E-state index in [1.165, 1.54) is 6.92 Å². The van der Waals surface area contributed by atoms with E-state index in [-0.39, 0.29) is 12.4 Å². The lowest BCUT2D eigenvalue weighted by atomic mass is 10.1.